The normalized spacial score (nSPS) is 10.7. The van der Waals surface area contributed by atoms with Crippen LogP contribution in [0, 0.1) is 0 Å². The summed E-state index contributed by atoms with van der Waals surface area (Å²) in [7, 11) is 0. The van der Waals surface area contributed by atoms with Gasteiger partial charge in [-0.2, -0.15) is 0 Å². The molecular formula is C17H21N3O2S. The molecule has 0 unspecified atom stereocenters. The lowest BCUT2D eigenvalue weighted by molar-refractivity contribution is 0.0998. The van der Waals surface area contributed by atoms with Gasteiger partial charge in [-0.15, -0.1) is 11.3 Å². The summed E-state index contributed by atoms with van der Waals surface area (Å²) in [5, 5.41) is 2.63. The quantitative estimate of drug-likeness (QED) is 0.816. The predicted molar refractivity (Wildman–Crippen MR) is 92.6 cm³/mol. The molecule has 2 amide bonds. The molecule has 23 heavy (non-hydrogen) atoms. The van der Waals surface area contributed by atoms with Crippen molar-refractivity contribution in [2.24, 2.45) is 11.5 Å². The maximum Gasteiger partial charge on any atom is 0.249 e. The number of nitrogens with zero attached hydrogens (tertiary/aromatic N) is 1. The molecular weight excluding hydrogens is 310 g/mol. The molecule has 2 aromatic rings. The fraction of sp³-hybridized carbons (Fsp3) is 0.353. The lowest BCUT2D eigenvalue weighted by Crippen LogP contribution is -2.23. The molecule has 1 aromatic heterocycles. The summed E-state index contributed by atoms with van der Waals surface area (Å²) in [6, 6.07) is 1.77. The number of carbonyl (C=O) groups is 2. The maximum absolute atomic E-state index is 12.1. The van der Waals surface area contributed by atoms with E-state index in [0.717, 1.165) is 29.0 Å². The van der Waals surface area contributed by atoms with Gasteiger partial charge in [-0.3, -0.25) is 9.59 Å². The number of rotatable bonds is 7. The van der Waals surface area contributed by atoms with E-state index in [1.807, 2.05) is 19.2 Å². The highest BCUT2D eigenvalue weighted by Gasteiger charge is 2.24. The molecule has 122 valence electrons. The van der Waals surface area contributed by atoms with Crippen LogP contribution in [0.1, 0.15) is 58.5 Å². The van der Waals surface area contributed by atoms with Gasteiger partial charge in [-0.1, -0.05) is 26.7 Å². The molecule has 4 N–H and O–H groups in total. The van der Waals surface area contributed by atoms with Crippen molar-refractivity contribution in [3.63, 3.8) is 0 Å². The molecule has 1 aromatic carbocycles. The van der Waals surface area contributed by atoms with E-state index in [1.165, 1.54) is 11.3 Å². The number of carbonyl (C=O) groups excluding carboxylic acids is 2. The Morgan fingerprint density at radius 1 is 1.09 bits per heavy atom. The van der Waals surface area contributed by atoms with Gasteiger partial charge >= 0.3 is 0 Å². The first-order valence-corrected chi connectivity index (χ1v) is 8.57. The molecule has 1 heterocycles. The zero-order chi connectivity index (χ0) is 17.0. The second-order valence-electron chi connectivity index (χ2n) is 5.37. The minimum absolute atomic E-state index is 0.366. The average molecular weight is 331 g/mol. The molecule has 0 saturated heterocycles. The van der Waals surface area contributed by atoms with Crippen molar-refractivity contribution in [1.82, 2.24) is 4.98 Å². The third-order valence-corrected chi connectivity index (χ3v) is 4.52. The molecule has 2 rings (SSSR count). The number of primary amides is 2. The number of hydrogen-bond acceptors (Lipinski definition) is 4. The topological polar surface area (TPSA) is 99.1 Å². The van der Waals surface area contributed by atoms with Gasteiger partial charge in [0.05, 0.1) is 0 Å². The second kappa shape index (κ2) is 7.37. The summed E-state index contributed by atoms with van der Waals surface area (Å²) in [5.74, 6) is -1.06. The van der Waals surface area contributed by atoms with E-state index in [1.54, 1.807) is 12.3 Å². The van der Waals surface area contributed by atoms with Gasteiger partial charge in [0.1, 0.15) is 5.01 Å². The number of nitrogens with two attached hydrogens (primary N) is 2. The summed E-state index contributed by atoms with van der Waals surface area (Å²) in [5.41, 5.74) is 14.3. The van der Waals surface area contributed by atoms with Gasteiger partial charge in [0.2, 0.25) is 11.8 Å². The van der Waals surface area contributed by atoms with E-state index in [2.05, 4.69) is 4.98 Å². The maximum atomic E-state index is 12.1. The molecule has 0 fully saturated rings. The van der Waals surface area contributed by atoms with Gasteiger partial charge in [0.15, 0.2) is 0 Å². The van der Waals surface area contributed by atoms with Crippen molar-refractivity contribution in [1.29, 1.82) is 0 Å². The molecule has 0 radical (unpaired) electrons. The fourth-order valence-electron chi connectivity index (χ4n) is 2.85. The molecule has 0 bridgehead atoms. The molecule has 0 saturated carbocycles. The molecule has 0 aliphatic heterocycles. The Balaban J connectivity index is 2.86. The first-order valence-electron chi connectivity index (χ1n) is 7.69. The summed E-state index contributed by atoms with van der Waals surface area (Å²) in [6.45, 7) is 4.03. The first kappa shape index (κ1) is 17.1. The van der Waals surface area contributed by atoms with Crippen LogP contribution in [0.25, 0.3) is 10.6 Å². The van der Waals surface area contributed by atoms with E-state index < -0.39 is 11.8 Å². The van der Waals surface area contributed by atoms with E-state index >= 15 is 0 Å². The second-order valence-corrected chi connectivity index (χ2v) is 6.26. The molecule has 0 spiro atoms. The van der Waals surface area contributed by atoms with Crippen LogP contribution in [0.15, 0.2) is 17.6 Å². The first-order chi connectivity index (χ1) is 11.0. The summed E-state index contributed by atoms with van der Waals surface area (Å²) < 4.78 is 0. The van der Waals surface area contributed by atoms with Crippen LogP contribution >= 0.6 is 11.3 Å². The number of thiazole rings is 1. The van der Waals surface area contributed by atoms with Crippen molar-refractivity contribution in [3.8, 4) is 10.6 Å². The lowest BCUT2D eigenvalue weighted by atomic mass is 9.86. The Morgan fingerprint density at radius 3 is 2.22 bits per heavy atom. The van der Waals surface area contributed by atoms with Crippen LogP contribution in [0.4, 0.5) is 0 Å². The Morgan fingerprint density at radius 2 is 1.74 bits per heavy atom. The molecule has 0 aliphatic rings. The van der Waals surface area contributed by atoms with E-state index in [4.69, 9.17) is 11.5 Å². The van der Waals surface area contributed by atoms with Crippen LogP contribution in [-0.2, 0) is 12.8 Å². The smallest absolute Gasteiger partial charge is 0.249 e. The van der Waals surface area contributed by atoms with Gasteiger partial charge in [-0.05, 0) is 30.0 Å². The summed E-state index contributed by atoms with van der Waals surface area (Å²) in [4.78, 5) is 28.4. The molecule has 0 atom stereocenters. The lowest BCUT2D eigenvalue weighted by Gasteiger charge is -2.18. The van der Waals surface area contributed by atoms with Crippen LogP contribution in [0.2, 0.25) is 0 Å². The summed E-state index contributed by atoms with van der Waals surface area (Å²) >= 11 is 1.46. The SMILES string of the molecule is CCCc1c(C(N)=O)cc(-c2nccs2)c(CCC)c1C(N)=O. The zero-order valence-corrected chi connectivity index (χ0v) is 14.2. The van der Waals surface area contributed by atoms with Crippen LogP contribution in [0.3, 0.4) is 0 Å². The van der Waals surface area contributed by atoms with Crippen molar-refractivity contribution >= 4 is 23.2 Å². The predicted octanol–water partition coefficient (Wildman–Crippen LogP) is 2.91. The highest BCUT2D eigenvalue weighted by atomic mass is 32.1. The third kappa shape index (κ3) is 3.42. The van der Waals surface area contributed by atoms with E-state index in [0.29, 0.717) is 29.5 Å². The largest absolute Gasteiger partial charge is 0.366 e. The number of amides is 2. The molecule has 0 aliphatic carbocycles. The number of benzene rings is 1. The number of aromatic nitrogens is 1. The third-order valence-electron chi connectivity index (χ3n) is 3.72. The Kier molecular flexibility index (Phi) is 5.50. The van der Waals surface area contributed by atoms with Crippen molar-refractivity contribution in [2.45, 2.75) is 39.5 Å². The molecule has 5 nitrogen and oxygen atoms in total. The van der Waals surface area contributed by atoms with E-state index in [9.17, 15) is 9.59 Å². The van der Waals surface area contributed by atoms with Crippen LogP contribution in [0.5, 0.6) is 0 Å². The van der Waals surface area contributed by atoms with Crippen LogP contribution < -0.4 is 11.5 Å². The monoisotopic (exact) mass is 331 g/mol. The van der Waals surface area contributed by atoms with Gasteiger partial charge < -0.3 is 11.5 Å². The minimum Gasteiger partial charge on any atom is -0.366 e. The zero-order valence-electron chi connectivity index (χ0n) is 13.4. The van der Waals surface area contributed by atoms with E-state index in [-0.39, 0.29) is 0 Å². The van der Waals surface area contributed by atoms with Gasteiger partial charge in [0, 0.05) is 28.3 Å². The Hall–Kier alpha value is -2.21. The number of hydrogen-bond donors (Lipinski definition) is 2. The van der Waals surface area contributed by atoms with Crippen molar-refractivity contribution in [3.05, 3.63) is 39.9 Å². The Bertz CT molecular complexity index is 724. The van der Waals surface area contributed by atoms with Crippen molar-refractivity contribution in [2.75, 3.05) is 0 Å². The minimum atomic E-state index is -0.545. The summed E-state index contributed by atoms with van der Waals surface area (Å²) in [6.07, 6.45) is 4.64. The average Bonchev–Trinajstić information content (AvgIpc) is 3.01. The van der Waals surface area contributed by atoms with Crippen LogP contribution in [-0.4, -0.2) is 16.8 Å². The standard InChI is InChI=1S/C17H21N3O2S/c1-3-5-10-12(15(18)21)9-13(17-20-7-8-23-17)11(6-4-2)14(10)16(19)22/h7-9H,3-6H2,1-2H3,(H2,18,21)(H2,19,22). The fourth-order valence-corrected chi connectivity index (χ4v) is 3.54. The highest BCUT2D eigenvalue weighted by molar-refractivity contribution is 7.13. The van der Waals surface area contributed by atoms with Gasteiger partial charge in [0.25, 0.3) is 0 Å². The Labute approximate surface area is 139 Å². The highest BCUT2D eigenvalue weighted by Crippen LogP contribution is 2.34. The molecule has 6 heteroatoms. The van der Waals surface area contributed by atoms with Crippen molar-refractivity contribution < 1.29 is 9.59 Å². The van der Waals surface area contributed by atoms with Gasteiger partial charge in [-0.25, -0.2) is 4.98 Å².